The molecule has 3 atom stereocenters. The highest BCUT2D eigenvalue weighted by Crippen LogP contribution is 2.21. The molecule has 1 unspecified atom stereocenters. The fourth-order valence-electron chi connectivity index (χ4n) is 4.15. The fraction of sp³-hybridized carbons (Fsp3) is 0.458. The van der Waals surface area contributed by atoms with Crippen LogP contribution in [0.15, 0.2) is 54.6 Å². The summed E-state index contributed by atoms with van der Waals surface area (Å²) in [6, 6.07) is 16.6. The normalized spacial score (nSPS) is 21.2. The summed E-state index contributed by atoms with van der Waals surface area (Å²) >= 11 is 0. The lowest BCUT2D eigenvalue weighted by molar-refractivity contribution is 0.0557. The van der Waals surface area contributed by atoms with Gasteiger partial charge in [-0.1, -0.05) is 42.5 Å². The van der Waals surface area contributed by atoms with Gasteiger partial charge in [0.1, 0.15) is 0 Å². The standard InChI is InChI=1S/C24H33N3O4S/c1-18-14-27(15-19(2)26(18)3)16-23(21-8-6-5-7-9-21)25-32(29,30)17-20-10-12-22(13-11-20)24(28)31-4/h5-13,18-19,23,25H,14-17H2,1-4H3/t18-,19+,23?. The molecule has 0 amide bonds. The molecule has 1 saturated heterocycles. The first kappa shape index (κ1) is 24.4. The van der Waals surface area contributed by atoms with E-state index in [0.717, 1.165) is 18.7 Å². The van der Waals surface area contributed by atoms with Gasteiger partial charge in [0.25, 0.3) is 0 Å². The summed E-state index contributed by atoms with van der Waals surface area (Å²) in [5.41, 5.74) is 1.94. The molecule has 0 bridgehead atoms. The summed E-state index contributed by atoms with van der Waals surface area (Å²) in [5, 5.41) is 0. The molecule has 2 aromatic carbocycles. The predicted molar refractivity (Wildman–Crippen MR) is 126 cm³/mol. The highest BCUT2D eigenvalue weighted by molar-refractivity contribution is 7.88. The molecule has 7 nitrogen and oxygen atoms in total. The van der Waals surface area contributed by atoms with Crippen molar-refractivity contribution in [2.75, 3.05) is 33.8 Å². The van der Waals surface area contributed by atoms with Crippen molar-refractivity contribution >= 4 is 16.0 Å². The van der Waals surface area contributed by atoms with Crippen LogP contribution in [0.3, 0.4) is 0 Å². The molecule has 0 radical (unpaired) electrons. The summed E-state index contributed by atoms with van der Waals surface area (Å²) < 4.78 is 33.7. The summed E-state index contributed by atoms with van der Waals surface area (Å²) in [7, 11) is -0.162. The first-order valence-electron chi connectivity index (χ1n) is 10.8. The zero-order chi connectivity index (χ0) is 23.3. The van der Waals surface area contributed by atoms with Gasteiger partial charge in [-0.2, -0.15) is 0 Å². The average Bonchev–Trinajstić information content (AvgIpc) is 2.77. The van der Waals surface area contributed by atoms with E-state index in [9.17, 15) is 13.2 Å². The molecule has 1 N–H and O–H groups in total. The Labute approximate surface area is 191 Å². The Balaban J connectivity index is 1.74. The number of esters is 1. The molecule has 174 valence electrons. The Kier molecular flexibility index (Phi) is 8.05. The van der Waals surface area contributed by atoms with Crippen molar-refractivity contribution in [3.63, 3.8) is 0 Å². The number of carbonyl (C=O) groups is 1. The second-order valence-corrected chi connectivity index (χ2v) is 10.4. The monoisotopic (exact) mass is 459 g/mol. The Hall–Kier alpha value is -2.26. The van der Waals surface area contributed by atoms with Gasteiger partial charge in [0, 0.05) is 31.7 Å². The van der Waals surface area contributed by atoms with Gasteiger partial charge >= 0.3 is 5.97 Å². The summed E-state index contributed by atoms with van der Waals surface area (Å²) in [4.78, 5) is 16.3. The van der Waals surface area contributed by atoms with Gasteiger partial charge < -0.3 is 4.74 Å². The van der Waals surface area contributed by atoms with Crippen LogP contribution < -0.4 is 4.72 Å². The maximum atomic E-state index is 13.1. The highest BCUT2D eigenvalue weighted by Gasteiger charge is 2.29. The van der Waals surface area contributed by atoms with E-state index in [1.807, 2.05) is 30.3 Å². The van der Waals surface area contributed by atoms with E-state index < -0.39 is 16.0 Å². The number of ether oxygens (including phenoxy) is 1. The second kappa shape index (κ2) is 10.6. The van der Waals surface area contributed by atoms with Crippen molar-refractivity contribution in [1.82, 2.24) is 14.5 Å². The van der Waals surface area contributed by atoms with E-state index >= 15 is 0 Å². The minimum atomic E-state index is -3.61. The van der Waals surface area contributed by atoms with Crippen molar-refractivity contribution in [3.05, 3.63) is 71.3 Å². The molecule has 1 aliphatic heterocycles. The van der Waals surface area contributed by atoms with Crippen LogP contribution in [0.5, 0.6) is 0 Å². The second-order valence-electron chi connectivity index (χ2n) is 8.61. The van der Waals surface area contributed by atoms with Gasteiger partial charge in [-0.25, -0.2) is 17.9 Å². The number of nitrogens with zero attached hydrogens (tertiary/aromatic N) is 2. The number of carbonyl (C=O) groups excluding carboxylic acids is 1. The van der Waals surface area contributed by atoms with Crippen molar-refractivity contribution in [2.24, 2.45) is 0 Å². The molecular formula is C24H33N3O4S. The van der Waals surface area contributed by atoms with Crippen LogP contribution in [0.2, 0.25) is 0 Å². The molecular weight excluding hydrogens is 426 g/mol. The first-order valence-corrected chi connectivity index (χ1v) is 12.5. The smallest absolute Gasteiger partial charge is 0.337 e. The van der Waals surface area contributed by atoms with Gasteiger partial charge in [-0.05, 0) is 44.2 Å². The van der Waals surface area contributed by atoms with E-state index in [4.69, 9.17) is 4.74 Å². The molecule has 0 aromatic heterocycles. The number of hydrogen-bond donors (Lipinski definition) is 1. The zero-order valence-electron chi connectivity index (χ0n) is 19.2. The lowest BCUT2D eigenvalue weighted by Crippen LogP contribution is -2.56. The van der Waals surface area contributed by atoms with Gasteiger partial charge in [-0.15, -0.1) is 0 Å². The molecule has 0 aliphatic carbocycles. The molecule has 8 heteroatoms. The predicted octanol–water partition coefficient (Wildman–Crippen LogP) is 2.66. The van der Waals surface area contributed by atoms with Gasteiger partial charge in [0.2, 0.25) is 10.0 Å². The number of methoxy groups -OCH3 is 1. The number of piperazine rings is 1. The summed E-state index contributed by atoms with van der Waals surface area (Å²) in [6.07, 6.45) is 0. The van der Waals surface area contributed by atoms with E-state index in [0.29, 0.717) is 29.8 Å². The van der Waals surface area contributed by atoms with Crippen molar-refractivity contribution < 1.29 is 17.9 Å². The Morgan fingerprint density at radius 2 is 1.66 bits per heavy atom. The van der Waals surface area contributed by atoms with E-state index in [1.54, 1.807) is 24.3 Å². The third-order valence-electron chi connectivity index (χ3n) is 6.13. The molecule has 32 heavy (non-hydrogen) atoms. The maximum Gasteiger partial charge on any atom is 0.337 e. The van der Waals surface area contributed by atoms with Crippen LogP contribution in [0, 0.1) is 0 Å². The van der Waals surface area contributed by atoms with E-state index in [-0.39, 0.29) is 11.8 Å². The summed E-state index contributed by atoms with van der Waals surface area (Å²) in [5.74, 6) is -0.606. The van der Waals surface area contributed by atoms with Crippen molar-refractivity contribution in [3.8, 4) is 0 Å². The van der Waals surface area contributed by atoms with E-state index in [2.05, 4.69) is 35.4 Å². The molecule has 0 saturated carbocycles. The van der Waals surface area contributed by atoms with Crippen LogP contribution in [0.4, 0.5) is 0 Å². The van der Waals surface area contributed by atoms with Crippen LogP contribution >= 0.6 is 0 Å². The van der Waals surface area contributed by atoms with Crippen LogP contribution in [0.25, 0.3) is 0 Å². The van der Waals surface area contributed by atoms with Gasteiger partial charge in [-0.3, -0.25) is 9.80 Å². The zero-order valence-corrected chi connectivity index (χ0v) is 20.0. The quantitative estimate of drug-likeness (QED) is 0.612. The number of likely N-dealkylation sites (N-methyl/N-ethyl adjacent to an activating group) is 1. The lowest BCUT2D eigenvalue weighted by atomic mass is 10.0. The minimum Gasteiger partial charge on any atom is -0.465 e. The van der Waals surface area contributed by atoms with Gasteiger partial charge in [0.15, 0.2) is 0 Å². The Morgan fingerprint density at radius 3 is 2.22 bits per heavy atom. The number of nitrogens with one attached hydrogen (secondary N) is 1. The average molecular weight is 460 g/mol. The number of sulfonamides is 1. The SMILES string of the molecule is COC(=O)c1ccc(CS(=O)(=O)NC(CN2C[C@@H](C)N(C)[C@@H](C)C2)c2ccccc2)cc1. The third kappa shape index (κ3) is 6.38. The molecule has 1 aliphatic rings. The Morgan fingerprint density at radius 1 is 1.06 bits per heavy atom. The van der Waals surface area contributed by atoms with Gasteiger partial charge in [0.05, 0.1) is 24.5 Å². The van der Waals surface area contributed by atoms with Crippen LogP contribution in [-0.2, 0) is 20.5 Å². The largest absolute Gasteiger partial charge is 0.465 e. The number of hydrogen-bond acceptors (Lipinski definition) is 6. The number of rotatable bonds is 8. The summed E-state index contributed by atoms with van der Waals surface area (Å²) in [6.45, 7) is 6.78. The molecule has 1 fully saturated rings. The highest BCUT2D eigenvalue weighted by atomic mass is 32.2. The Bertz CT molecular complexity index is 984. The maximum absolute atomic E-state index is 13.1. The lowest BCUT2D eigenvalue weighted by Gasteiger charge is -2.43. The van der Waals surface area contributed by atoms with Crippen molar-refractivity contribution in [2.45, 2.75) is 37.7 Å². The molecule has 3 rings (SSSR count). The molecule has 2 aromatic rings. The first-order chi connectivity index (χ1) is 15.2. The van der Waals surface area contributed by atoms with E-state index in [1.165, 1.54) is 7.11 Å². The molecule has 0 spiro atoms. The topological polar surface area (TPSA) is 78.9 Å². The molecule has 1 heterocycles. The fourth-order valence-corrected chi connectivity index (χ4v) is 5.51. The van der Waals surface area contributed by atoms with Crippen molar-refractivity contribution in [1.29, 1.82) is 0 Å². The minimum absolute atomic E-state index is 0.159. The third-order valence-corrected chi connectivity index (χ3v) is 7.49. The number of benzene rings is 2. The van der Waals surface area contributed by atoms with Crippen LogP contribution in [-0.4, -0.2) is 70.1 Å². The van der Waals surface area contributed by atoms with Crippen LogP contribution in [0.1, 0.15) is 41.4 Å².